The summed E-state index contributed by atoms with van der Waals surface area (Å²) in [7, 11) is 0. The van der Waals surface area contributed by atoms with Gasteiger partial charge in [0.1, 0.15) is 0 Å². The molecule has 1 nitrogen and oxygen atoms in total. The summed E-state index contributed by atoms with van der Waals surface area (Å²) < 4.78 is 0. The van der Waals surface area contributed by atoms with E-state index >= 15 is 0 Å². The van der Waals surface area contributed by atoms with Gasteiger partial charge in [-0.05, 0) is 50.5 Å². The van der Waals surface area contributed by atoms with Crippen LogP contribution in [0.4, 0.5) is 0 Å². The van der Waals surface area contributed by atoms with E-state index in [1.165, 1.54) is 33.3 Å². The smallest absolute Gasteiger partial charge is 0.0458 e. The molecule has 0 saturated heterocycles. The summed E-state index contributed by atoms with van der Waals surface area (Å²) in [5.74, 6) is 0. The van der Waals surface area contributed by atoms with Gasteiger partial charge in [-0.25, -0.2) is 0 Å². The average Bonchev–Trinajstić information content (AvgIpc) is 2.43. The molecule has 1 aromatic heterocycles. The highest BCUT2D eigenvalue weighted by molar-refractivity contribution is 5.85. The Morgan fingerprint density at radius 3 is 2.73 bits per heavy atom. The van der Waals surface area contributed by atoms with Gasteiger partial charge in [-0.15, -0.1) is 0 Å². The van der Waals surface area contributed by atoms with E-state index in [-0.39, 0.29) is 0 Å². The number of aryl methyl sites for hydroxylation is 2. The van der Waals surface area contributed by atoms with Gasteiger partial charge in [0.25, 0.3) is 0 Å². The van der Waals surface area contributed by atoms with Gasteiger partial charge in [0, 0.05) is 16.6 Å². The quantitative estimate of drug-likeness (QED) is 0.706. The molecule has 0 spiro atoms. The van der Waals surface area contributed by atoms with Gasteiger partial charge < -0.3 is 4.98 Å². The van der Waals surface area contributed by atoms with E-state index in [9.17, 15) is 0 Å². The van der Waals surface area contributed by atoms with Crippen molar-refractivity contribution in [1.82, 2.24) is 4.98 Å². The first-order chi connectivity index (χ1) is 7.08. The maximum atomic E-state index is 3.95. The van der Waals surface area contributed by atoms with Crippen molar-refractivity contribution < 1.29 is 0 Å². The highest BCUT2D eigenvalue weighted by atomic mass is 14.7. The van der Waals surface area contributed by atoms with Gasteiger partial charge in [0.2, 0.25) is 0 Å². The Hall–Kier alpha value is -1.50. The van der Waals surface area contributed by atoms with E-state index in [2.05, 4.69) is 50.5 Å². The highest BCUT2D eigenvalue weighted by Gasteiger charge is 2.04. The molecule has 78 valence electrons. The summed E-state index contributed by atoms with van der Waals surface area (Å²) in [5, 5.41) is 1.34. The molecule has 1 heterocycles. The highest BCUT2D eigenvalue weighted by Crippen LogP contribution is 2.23. The predicted octanol–water partition coefficient (Wildman–Crippen LogP) is 3.90. The summed E-state index contributed by atoms with van der Waals surface area (Å²) in [6.07, 6.45) is 0.972. The van der Waals surface area contributed by atoms with Crippen molar-refractivity contribution in [2.24, 2.45) is 0 Å². The SMILES string of the molecule is C=C(C)Cc1ccc2[nH]c(C)c(C)c2c1. The van der Waals surface area contributed by atoms with Crippen LogP contribution < -0.4 is 0 Å². The largest absolute Gasteiger partial charge is 0.358 e. The first-order valence-corrected chi connectivity index (χ1v) is 5.30. The van der Waals surface area contributed by atoms with Crippen LogP contribution in [0.3, 0.4) is 0 Å². The van der Waals surface area contributed by atoms with Crippen LogP contribution in [0.2, 0.25) is 0 Å². The fourth-order valence-electron chi connectivity index (χ4n) is 1.97. The van der Waals surface area contributed by atoms with Crippen LogP contribution in [0, 0.1) is 13.8 Å². The van der Waals surface area contributed by atoms with Gasteiger partial charge in [-0.2, -0.15) is 0 Å². The van der Waals surface area contributed by atoms with Gasteiger partial charge in [0.15, 0.2) is 0 Å². The van der Waals surface area contributed by atoms with Gasteiger partial charge >= 0.3 is 0 Å². The van der Waals surface area contributed by atoms with Crippen molar-refractivity contribution in [3.05, 3.63) is 47.2 Å². The number of hydrogen-bond acceptors (Lipinski definition) is 0. The Morgan fingerprint density at radius 1 is 1.33 bits per heavy atom. The Morgan fingerprint density at radius 2 is 2.07 bits per heavy atom. The van der Waals surface area contributed by atoms with Crippen LogP contribution in [0.25, 0.3) is 10.9 Å². The Bertz CT molecular complexity index is 517. The lowest BCUT2D eigenvalue weighted by molar-refractivity contribution is 1.16. The molecule has 0 aliphatic heterocycles. The molecule has 1 aromatic carbocycles. The molecule has 0 saturated carbocycles. The minimum Gasteiger partial charge on any atom is -0.358 e. The molecule has 1 N–H and O–H groups in total. The molecule has 15 heavy (non-hydrogen) atoms. The molecule has 0 amide bonds. The zero-order chi connectivity index (χ0) is 11.0. The monoisotopic (exact) mass is 199 g/mol. The van der Waals surface area contributed by atoms with Crippen molar-refractivity contribution in [1.29, 1.82) is 0 Å². The number of aromatic amines is 1. The molecular formula is C14H17N. The Kier molecular flexibility index (Phi) is 2.39. The van der Waals surface area contributed by atoms with E-state index in [0.717, 1.165) is 6.42 Å². The summed E-state index contributed by atoms with van der Waals surface area (Å²) in [6, 6.07) is 6.60. The van der Waals surface area contributed by atoms with Gasteiger partial charge in [-0.1, -0.05) is 18.2 Å². The third kappa shape index (κ3) is 1.82. The second-order valence-corrected chi connectivity index (χ2v) is 4.39. The third-order valence-electron chi connectivity index (χ3n) is 2.88. The van der Waals surface area contributed by atoms with Crippen molar-refractivity contribution in [3.8, 4) is 0 Å². The van der Waals surface area contributed by atoms with Crippen LogP contribution in [0.5, 0.6) is 0 Å². The molecular weight excluding hydrogens is 182 g/mol. The number of nitrogens with one attached hydrogen (secondary N) is 1. The summed E-state index contributed by atoms with van der Waals surface area (Å²) >= 11 is 0. The summed E-state index contributed by atoms with van der Waals surface area (Å²) in [4.78, 5) is 3.38. The molecule has 2 aromatic rings. The third-order valence-corrected chi connectivity index (χ3v) is 2.88. The number of H-pyrrole nitrogens is 1. The number of fused-ring (bicyclic) bond motifs is 1. The van der Waals surface area contributed by atoms with Crippen LogP contribution in [0.1, 0.15) is 23.7 Å². The second kappa shape index (κ2) is 3.58. The topological polar surface area (TPSA) is 15.8 Å². The maximum Gasteiger partial charge on any atom is 0.0458 e. The van der Waals surface area contributed by atoms with E-state index in [1.54, 1.807) is 0 Å². The number of rotatable bonds is 2. The molecule has 0 bridgehead atoms. The van der Waals surface area contributed by atoms with Crippen molar-refractivity contribution in [2.75, 3.05) is 0 Å². The fourth-order valence-corrected chi connectivity index (χ4v) is 1.97. The average molecular weight is 199 g/mol. The maximum absolute atomic E-state index is 3.95. The van der Waals surface area contributed by atoms with E-state index in [1.807, 2.05) is 0 Å². The standard InChI is InChI=1S/C14H17N/c1-9(2)7-12-5-6-14-13(8-12)10(3)11(4)15-14/h5-6,8,15H,1,7H2,2-4H3. The fraction of sp³-hybridized carbons (Fsp3) is 0.286. The zero-order valence-electron chi connectivity index (χ0n) is 9.65. The van der Waals surface area contributed by atoms with Crippen molar-refractivity contribution in [3.63, 3.8) is 0 Å². The summed E-state index contributed by atoms with van der Waals surface area (Å²) in [5.41, 5.74) is 6.40. The molecule has 0 aliphatic rings. The van der Waals surface area contributed by atoms with Crippen LogP contribution in [-0.2, 0) is 6.42 Å². The number of aromatic nitrogens is 1. The minimum atomic E-state index is 0.972. The van der Waals surface area contributed by atoms with Gasteiger partial charge in [0.05, 0.1) is 0 Å². The van der Waals surface area contributed by atoms with E-state index in [0.29, 0.717) is 0 Å². The first kappa shape index (κ1) is 10.0. The van der Waals surface area contributed by atoms with Crippen LogP contribution >= 0.6 is 0 Å². The second-order valence-electron chi connectivity index (χ2n) is 4.39. The number of allylic oxidation sites excluding steroid dienone is 1. The van der Waals surface area contributed by atoms with E-state index in [4.69, 9.17) is 0 Å². The van der Waals surface area contributed by atoms with Crippen molar-refractivity contribution in [2.45, 2.75) is 27.2 Å². The van der Waals surface area contributed by atoms with Crippen molar-refractivity contribution >= 4 is 10.9 Å². The van der Waals surface area contributed by atoms with Crippen LogP contribution in [0.15, 0.2) is 30.4 Å². The summed E-state index contributed by atoms with van der Waals surface area (Å²) in [6.45, 7) is 10.3. The molecule has 0 aliphatic carbocycles. The molecule has 1 heteroatoms. The normalized spacial score (nSPS) is 10.9. The lowest BCUT2D eigenvalue weighted by atomic mass is 10.0. The first-order valence-electron chi connectivity index (χ1n) is 5.30. The Labute approximate surface area is 90.8 Å². The van der Waals surface area contributed by atoms with Crippen LogP contribution in [-0.4, -0.2) is 4.98 Å². The molecule has 0 fully saturated rings. The Balaban J connectivity index is 2.54. The minimum absolute atomic E-state index is 0.972. The lowest BCUT2D eigenvalue weighted by Gasteiger charge is -2.01. The van der Waals surface area contributed by atoms with Gasteiger partial charge in [-0.3, -0.25) is 0 Å². The molecule has 0 radical (unpaired) electrons. The van der Waals surface area contributed by atoms with E-state index < -0.39 is 0 Å². The predicted molar refractivity (Wildman–Crippen MR) is 66.3 cm³/mol. The molecule has 0 unspecified atom stereocenters. The number of hydrogen-bond donors (Lipinski definition) is 1. The lowest BCUT2D eigenvalue weighted by Crippen LogP contribution is -1.85. The number of benzene rings is 1. The molecule has 2 rings (SSSR count). The molecule has 0 atom stereocenters. The zero-order valence-corrected chi connectivity index (χ0v) is 9.65.